The quantitative estimate of drug-likeness (QED) is 0.733. The Hall–Kier alpha value is -0.120. The molecule has 2 aliphatic carbocycles. The van der Waals surface area contributed by atoms with Gasteiger partial charge in [0.05, 0.1) is 6.10 Å². The molecule has 1 atom stereocenters. The fraction of sp³-hybridized carbons (Fsp3) is 1.00. The highest BCUT2D eigenvalue weighted by molar-refractivity contribution is 4.89. The summed E-state index contributed by atoms with van der Waals surface area (Å²) >= 11 is 0. The number of aliphatic hydroxyl groups excluding tert-OH is 1. The highest BCUT2D eigenvalue weighted by Crippen LogP contribution is 2.33. The Kier molecular flexibility index (Phi) is 2.71. The van der Waals surface area contributed by atoms with Crippen molar-refractivity contribution in [3.8, 4) is 0 Å². The lowest BCUT2D eigenvalue weighted by molar-refractivity contribution is 0.0601. The molecule has 2 saturated carbocycles. The van der Waals surface area contributed by atoms with Crippen molar-refractivity contribution in [1.29, 1.82) is 0 Å². The molecule has 0 aromatic rings. The van der Waals surface area contributed by atoms with Gasteiger partial charge in [-0.25, -0.2) is 0 Å². The molecule has 0 aromatic carbocycles. The van der Waals surface area contributed by atoms with Crippen LogP contribution >= 0.6 is 0 Å². The van der Waals surface area contributed by atoms with Crippen LogP contribution in [0.5, 0.6) is 0 Å². The summed E-state index contributed by atoms with van der Waals surface area (Å²) in [4.78, 5) is 5.07. The molecule has 1 N–H and O–H groups in total. The Labute approximate surface area is 92.1 Å². The van der Waals surface area contributed by atoms with Crippen LogP contribution in [0.4, 0.5) is 0 Å². The Morgan fingerprint density at radius 2 is 1.67 bits per heavy atom. The second kappa shape index (κ2) is 4.04. The third-order valence-corrected chi connectivity index (χ3v) is 4.08. The molecular formula is C12H22N2O. The van der Waals surface area contributed by atoms with Crippen LogP contribution in [0.2, 0.25) is 0 Å². The molecule has 0 bridgehead atoms. The van der Waals surface area contributed by atoms with Gasteiger partial charge in [-0.1, -0.05) is 0 Å². The van der Waals surface area contributed by atoms with Crippen LogP contribution in [0.25, 0.3) is 0 Å². The summed E-state index contributed by atoms with van der Waals surface area (Å²) in [6.07, 6.45) is 5.31. The van der Waals surface area contributed by atoms with Gasteiger partial charge in [-0.05, 0) is 31.6 Å². The molecule has 86 valence electrons. The van der Waals surface area contributed by atoms with E-state index in [4.69, 9.17) is 0 Å². The van der Waals surface area contributed by atoms with Gasteiger partial charge < -0.3 is 5.11 Å². The van der Waals surface area contributed by atoms with E-state index in [1.54, 1.807) is 0 Å². The van der Waals surface area contributed by atoms with Gasteiger partial charge in [0, 0.05) is 38.8 Å². The Morgan fingerprint density at radius 3 is 2.20 bits per heavy atom. The molecule has 3 rings (SSSR count). The summed E-state index contributed by atoms with van der Waals surface area (Å²) in [5.41, 5.74) is 0. The lowest BCUT2D eigenvalue weighted by Crippen LogP contribution is -2.49. The van der Waals surface area contributed by atoms with Gasteiger partial charge in [0.2, 0.25) is 0 Å². The van der Waals surface area contributed by atoms with Crippen molar-refractivity contribution in [3.63, 3.8) is 0 Å². The van der Waals surface area contributed by atoms with Crippen molar-refractivity contribution in [2.24, 2.45) is 5.92 Å². The number of aliphatic hydroxyl groups is 1. The summed E-state index contributed by atoms with van der Waals surface area (Å²) in [6, 6.07) is 0.917. The van der Waals surface area contributed by atoms with Crippen molar-refractivity contribution in [2.75, 3.05) is 32.7 Å². The van der Waals surface area contributed by atoms with Crippen molar-refractivity contribution >= 4 is 0 Å². The Morgan fingerprint density at radius 1 is 1.00 bits per heavy atom. The number of β-amino-alcohol motifs (C(OH)–C–C–N with tert-alkyl or cyclic N) is 1. The first-order valence-electron chi connectivity index (χ1n) is 6.47. The summed E-state index contributed by atoms with van der Waals surface area (Å²) in [7, 11) is 0. The minimum Gasteiger partial charge on any atom is -0.392 e. The number of hydrogen-bond acceptors (Lipinski definition) is 3. The molecule has 1 saturated heterocycles. The molecule has 3 fully saturated rings. The number of rotatable bonds is 4. The lowest BCUT2D eigenvalue weighted by Gasteiger charge is -2.35. The van der Waals surface area contributed by atoms with E-state index in [-0.39, 0.29) is 6.10 Å². The van der Waals surface area contributed by atoms with Gasteiger partial charge in [0.1, 0.15) is 0 Å². The van der Waals surface area contributed by atoms with Gasteiger partial charge in [-0.2, -0.15) is 0 Å². The van der Waals surface area contributed by atoms with Gasteiger partial charge in [0.25, 0.3) is 0 Å². The van der Waals surface area contributed by atoms with Crippen molar-refractivity contribution < 1.29 is 5.11 Å². The van der Waals surface area contributed by atoms with Crippen molar-refractivity contribution in [2.45, 2.75) is 37.8 Å². The summed E-state index contributed by atoms with van der Waals surface area (Å²) in [6.45, 7) is 5.70. The van der Waals surface area contributed by atoms with E-state index in [0.717, 1.165) is 12.6 Å². The SMILES string of the molecule is OC(CN1CCN(C2CC2)CC1)C1CC1. The van der Waals surface area contributed by atoms with Gasteiger partial charge in [-0.15, -0.1) is 0 Å². The van der Waals surface area contributed by atoms with Gasteiger partial charge in [0.15, 0.2) is 0 Å². The van der Waals surface area contributed by atoms with Crippen LogP contribution in [-0.2, 0) is 0 Å². The zero-order valence-electron chi connectivity index (χ0n) is 9.44. The van der Waals surface area contributed by atoms with E-state index in [1.165, 1.54) is 51.9 Å². The molecule has 0 radical (unpaired) electrons. The number of hydrogen-bond donors (Lipinski definition) is 1. The van der Waals surface area contributed by atoms with E-state index in [2.05, 4.69) is 9.80 Å². The first-order valence-corrected chi connectivity index (χ1v) is 6.47. The summed E-state index contributed by atoms with van der Waals surface area (Å²) in [5.74, 6) is 0.631. The monoisotopic (exact) mass is 210 g/mol. The average molecular weight is 210 g/mol. The molecule has 0 amide bonds. The van der Waals surface area contributed by atoms with E-state index >= 15 is 0 Å². The average Bonchev–Trinajstić information content (AvgIpc) is 3.11. The second-order valence-corrected chi connectivity index (χ2v) is 5.47. The minimum atomic E-state index is -0.0440. The molecule has 0 spiro atoms. The zero-order valence-corrected chi connectivity index (χ0v) is 9.44. The topological polar surface area (TPSA) is 26.7 Å². The molecule has 1 heterocycles. The Bertz CT molecular complexity index is 218. The maximum atomic E-state index is 9.87. The second-order valence-electron chi connectivity index (χ2n) is 5.47. The van der Waals surface area contributed by atoms with Gasteiger partial charge >= 0.3 is 0 Å². The van der Waals surface area contributed by atoms with Crippen LogP contribution < -0.4 is 0 Å². The highest BCUT2D eigenvalue weighted by Gasteiger charge is 2.34. The van der Waals surface area contributed by atoms with E-state index in [9.17, 15) is 5.11 Å². The zero-order chi connectivity index (χ0) is 10.3. The first kappa shape index (κ1) is 10.1. The molecular weight excluding hydrogens is 188 g/mol. The number of piperazine rings is 1. The maximum absolute atomic E-state index is 9.87. The molecule has 3 aliphatic rings. The molecule has 1 aliphatic heterocycles. The molecule has 15 heavy (non-hydrogen) atoms. The van der Waals surface area contributed by atoms with E-state index in [1.807, 2.05) is 0 Å². The Balaban J connectivity index is 1.40. The van der Waals surface area contributed by atoms with Crippen LogP contribution in [0, 0.1) is 5.92 Å². The standard InChI is InChI=1S/C12H22N2O/c15-12(10-1-2-10)9-13-5-7-14(8-6-13)11-3-4-11/h10-12,15H,1-9H2. The normalized spacial score (nSPS) is 31.8. The smallest absolute Gasteiger partial charge is 0.0695 e. The molecule has 1 unspecified atom stereocenters. The number of nitrogens with zero attached hydrogens (tertiary/aromatic N) is 2. The van der Waals surface area contributed by atoms with Crippen LogP contribution in [0.1, 0.15) is 25.7 Å². The molecule has 3 heteroatoms. The maximum Gasteiger partial charge on any atom is 0.0695 e. The van der Waals surface area contributed by atoms with E-state index < -0.39 is 0 Å². The predicted molar refractivity (Wildman–Crippen MR) is 59.8 cm³/mol. The first-order chi connectivity index (χ1) is 7.33. The van der Waals surface area contributed by atoms with Gasteiger partial charge in [-0.3, -0.25) is 9.80 Å². The predicted octanol–water partition coefficient (Wildman–Crippen LogP) is 0.537. The van der Waals surface area contributed by atoms with Crippen LogP contribution in [-0.4, -0.2) is 59.8 Å². The lowest BCUT2D eigenvalue weighted by atomic mass is 10.2. The van der Waals surface area contributed by atoms with E-state index in [0.29, 0.717) is 5.92 Å². The molecule has 3 nitrogen and oxygen atoms in total. The third-order valence-electron chi connectivity index (χ3n) is 4.08. The van der Waals surface area contributed by atoms with Crippen LogP contribution in [0.15, 0.2) is 0 Å². The van der Waals surface area contributed by atoms with Crippen molar-refractivity contribution in [1.82, 2.24) is 9.80 Å². The fourth-order valence-electron chi connectivity index (χ4n) is 2.65. The summed E-state index contributed by atoms with van der Waals surface area (Å²) < 4.78 is 0. The van der Waals surface area contributed by atoms with Crippen LogP contribution in [0.3, 0.4) is 0 Å². The fourth-order valence-corrected chi connectivity index (χ4v) is 2.65. The third kappa shape index (κ3) is 2.52. The highest BCUT2D eigenvalue weighted by atomic mass is 16.3. The van der Waals surface area contributed by atoms with Crippen molar-refractivity contribution in [3.05, 3.63) is 0 Å². The largest absolute Gasteiger partial charge is 0.392 e. The minimum absolute atomic E-state index is 0.0440. The summed E-state index contributed by atoms with van der Waals surface area (Å²) in [5, 5.41) is 9.87. The molecule has 0 aromatic heterocycles.